The number of hydrogen-bond donors (Lipinski definition) is 0. The quantitative estimate of drug-likeness (QED) is 0.432. The van der Waals surface area contributed by atoms with Crippen LogP contribution < -0.4 is 0 Å². The summed E-state index contributed by atoms with van der Waals surface area (Å²) in [6, 6.07) is 0. The summed E-state index contributed by atoms with van der Waals surface area (Å²) in [5.74, 6) is -0.547. The van der Waals surface area contributed by atoms with Gasteiger partial charge in [-0.1, -0.05) is 0 Å². The van der Waals surface area contributed by atoms with E-state index in [4.69, 9.17) is 9.47 Å². The van der Waals surface area contributed by atoms with Gasteiger partial charge < -0.3 is 9.47 Å². The summed E-state index contributed by atoms with van der Waals surface area (Å²) in [5.41, 5.74) is 0. The van der Waals surface area contributed by atoms with Gasteiger partial charge in [0.1, 0.15) is 6.10 Å². The molecule has 0 aliphatic carbocycles. The third-order valence-electron chi connectivity index (χ3n) is 1.80. The summed E-state index contributed by atoms with van der Waals surface area (Å²) in [5, 5.41) is 0. The molecule has 12 heavy (non-hydrogen) atoms. The second-order valence-corrected chi connectivity index (χ2v) is 2.93. The van der Waals surface area contributed by atoms with Gasteiger partial charge in [0.05, 0.1) is 18.8 Å². The Bertz CT molecular complexity index is 189. The molecule has 0 saturated carbocycles. The van der Waals surface area contributed by atoms with Crippen molar-refractivity contribution in [2.75, 3.05) is 6.61 Å². The standard InChI is InChI=1S/C8H12O4/c1-5-4-11-6(2)8(12-5)7(10)3-9/h3,5-6,8H,4H2,1-2H3/t5-,6?,8?/m0/s1. The van der Waals surface area contributed by atoms with Crippen LogP contribution in [-0.4, -0.2) is 37.0 Å². The maximum absolute atomic E-state index is 10.9. The molecule has 2 unspecified atom stereocenters. The molecule has 0 amide bonds. The van der Waals surface area contributed by atoms with E-state index in [2.05, 4.69) is 0 Å². The molecular formula is C8H12O4. The van der Waals surface area contributed by atoms with E-state index in [1.54, 1.807) is 13.8 Å². The van der Waals surface area contributed by atoms with Crippen molar-refractivity contribution in [2.45, 2.75) is 32.2 Å². The van der Waals surface area contributed by atoms with Gasteiger partial charge in [-0.05, 0) is 13.8 Å². The van der Waals surface area contributed by atoms with Crippen LogP contribution >= 0.6 is 0 Å². The molecule has 0 spiro atoms. The summed E-state index contributed by atoms with van der Waals surface area (Å²) in [4.78, 5) is 21.1. The first kappa shape index (κ1) is 9.35. The first-order valence-electron chi connectivity index (χ1n) is 3.91. The lowest BCUT2D eigenvalue weighted by atomic mass is 10.1. The molecule has 1 rings (SSSR count). The maximum Gasteiger partial charge on any atom is 0.226 e. The predicted octanol–water partition coefficient (Wildman–Crippen LogP) is -0.0532. The Kier molecular flexibility index (Phi) is 2.94. The van der Waals surface area contributed by atoms with Crippen LogP contribution in [-0.2, 0) is 19.1 Å². The lowest BCUT2D eigenvalue weighted by molar-refractivity contribution is -0.178. The SMILES string of the molecule is CC1OC[C@H](C)OC1C(=O)C=O. The highest BCUT2D eigenvalue weighted by Crippen LogP contribution is 2.14. The Balaban J connectivity index is 2.60. The zero-order chi connectivity index (χ0) is 9.14. The van der Waals surface area contributed by atoms with Crippen molar-refractivity contribution < 1.29 is 19.1 Å². The molecule has 0 aromatic carbocycles. The highest BCUT2D eigenvalue weighted by atomic mass is 16.6. The van der Waals surface area contributed by atoms with Gasteiger partial charge in [-0.3, -0.25) is 9.59 Å². The summed E-state index contributed by atoms with van der Waals surface area (Å²) in [6.07, 6.45) is -0.872. The van der Waals surface area contributed by atoms with Crippen LogP contribution in [0.2, 0.25) is 0 Å². The van der Waals surface area contributed by atoms with Crippen LogP contribution in [0.15, 0.2) is 0 Å². The smallest absolute Gasteiger partial charge is 0.226 e. The van der Waals surface area contributed by atoms with Gasteiger partial charge in [-0.15, -0.1) is 0 Å². The molecule has 3 atom stereocenters. The molecule has 4 nitrogen and oxygen atoms in total. The summed E-state index contributed by atoms with van der Waals surface area (Å²) in [7, 11) is 0. The van der Waals surface area contributed by atoms with E-state index in [1.807, 2.05) is 0 Å². The van der Waals surface area contributed by atoms with Crippen LogP contribution in [0.3, 0.4) is 0 Å². The number of ketones is 1. The van der Waals surface area contributed by atoms with Gasteiger partial charge in [0.2, 0.25) is 5.78 Å². The van der Waals surface area contributed by atoms with Crippen molar-refractivity contribution >= 4 is 12.1 Å². The van der Waals surface area contributed by atoms with E-state index in [0.717, 1.165) is 0 Å². The topological polar surface area (TPSA) is 52.6 Å². The van der Waals surface area contributed by atoms with E-state index in [0.29, 0.717) is 6.61 Å². The molecule has 1 fully saturated rings. The van der Waals surface area contributed by atoms with E-state index in [1.165, 1.54) is 0 Å². The number of hydrogen-bond acceptors (Lipinski definition) is 4. The Labute approximate surface area is 70.8 Å². The van der Waals surface area contributed by atoms with Crippen molar-refractivity contribution in [3.8, 4) is 0 Å². The van der Waals surface area contributed by atoms with Crippen LogP contribution in [0.4, 0.5) is 0 Å². The van der Waals surface area contributed by atoms with Crippen LogP contribution in [0, 0.1) is 0 Å². The molecule has 0 bridgehead atoms. The first-order valence-corrected chi connectivity index (χ1v) is 3.91. The van der Waals surface area contributed by atoms with Gasteiger partial charge in [-0.25, -0.2) is 0 Å². The molecule has 0 aromatic rings. The van der Waals surface area contributed by atoms with E-state index >= 15 is 0 Å². The summed E-state index contributed by atoms with van der Waals surface area (Å²) < 4.78 is 10.5. The largest absolute Gasteiger partial charge is 0.373 e. The maximum atomic E-state index is 10.9. The predicted molar refractivity (Wildman–Crippen MR) is 40.8 cm³/mol. The molecule has 1 aliphatic heterocycles. The van der Waals surface area contributed by atoms with E-state index < -0.39 is 11.9 Å². The lowest BCUT2D eigenvalue weighted by Gasteiger charge is -2.31. The molecule has 1 aliphatic rings. The van der Waals surface area contributed by atoms with Crippen molar-refractivity contribution in [2.24, 2.45) is 0 Å². The number of rotatable bonds is 2. The molecule has 0 radical (unpaired) electrons. The molecule has 1 saturated heterocycles. The van der Waals surface area contributed by atoms with Crippen molar-refractivity contribution in [1.82, 2.24) is 0 Å². The second-order valence-electron chi connectivity index (χ2n) is 2.93. The van der Waals surface area contributed by atoms with Gasteiger partial charge in [0.25, 0.3) is 0 Å². The zero-order valence-corrected chi connectivity index (χ0v) is 7.15. The fraction of sp³-hybridized carbons (Fsp3) is 0.750. The zero-order valence-electron chi connectivity index (χ0n) is 7.15. The van der Waals surface area contributed by atoms with Crippen molar-refractivity contribution in [3.63, 3.8) is 0 Å². The number of carbonyl (C=O) groups excluding carboxylic acids is 2. The lowest BCUT2D eigenvalue weighted by Crippen LogP contribution is -2.45. The van der Waals surface area contributed by atoms with Gasteiger partial charge in [0, 0.05) is 0 Å². The monoisotopic (exact) mass is 172 g/mol. The fourth-order valence-electron chi connectivity index (χ4n) is 1.14. The molecular weight excluding hydrogens is 160 g/mol. The normalized spacial score (nSPS) is 36.0. The average Bonchev–Trinajstić information content (AvgIpc) is 2.08. The first-order chi connectivity index (χ1) is 5.65. The molecule has 4 heteroatoms. The molecule has 1 heterocycles. The van der Waals surface area contributed by atoms with Crippen LogP contribution in [0.5, 0.6) is 0 Å². The van der Waals surface area contributed by atoms with Gasteiger partial charge >= 0.3 is 0 Å². The summed E-state index contributed by atoms with van der Waals surface area (Å²) in [6.45, 7) is 4.00. The third-order valence-corrected chi connectivity index (χ3v) is 1.80. The summed E-state index contributed by atoms with van der Waals surface area (Å²) >= 11 is 0. The Morgan fingerprint density at radius 1 is 1.50 bits per heavy atom. The van der Waals surface area contributed by atoms with Crippen LogP contribution in [0.1, 0.15) is 13.8 Å². The van der Waals surface area contributed by atoms with Crippen molar-refractivity contribution in [3.05, 3.63) is 0 Å². The molecule has 0 N–H and O–H groups in total. The van der Waals surface area contributed by atoms with Crippen molar-refractivity contribution in [1.29, 1.82) is 0 Å². The third kappa shape index (κ3) is 1.89. The van der Waals surface area contributed by atoms with Gasteiger partial charge in [0.15, 0.2) is 6.29 Å². The average molecular weight is 172 g/mol. The number of ether oxygens (including phenoxy) is 2. The number of Topliss-reactive ketones (excluding diaryl/α,β-unsaturated/α-hetero) is 1. The number of carbonyl (C=O) groups is 2. The van der Waals surface area contributed by atoms with E-state index in [9.17, 15) is 9.59 Å². The Hall–Kier alpha value is -0.740. The highest BCUT2D eigenvalue weighted by Gasteiger charge is 2.32. The van der Waals surface area contributed by atoms with Crippen LogP contribution in [0.25, 0.3) is 0 Å². The van der Waals surface area contributed by atoms with Gasteiger partial charge in [-0.2, -0.15) is 0 Å². The minimum Gasteiger partial charge on any atom is -0.373 e. The minimum absolute atomic E-state index is 0.116. The second kappa shape index (κ2) is 3.78. The Morgan fingerprint density at radius 3 is 2.75 bits per heavy atom. The highest BCUT2D eigenvalue weighted by molar-refractivity contribution is 6.27. The Morgan fingerprint density at radius 2 is 2.17 bits per heavy atom. The van der Waals surface area contributed by atoms with E-state index in [-0.39, 0.29) is 18.5 Å². The minimum atomic E-state index is -0.716. The molecule has 0 aromatic heterocycles. The fourth-order valence-corrected chi connectivity index (χ4v) is 1.14. The molecule has 68 valence electrons. The number of aldehydes is 1.